The smallest absolute Gasteiger partial charge is 0.182 e. The Morgan fingerprint density at radius 3 is 2.43 bits per heavy atom. The van der Waals surface area contributed by atoms with Crippen molar-refractivity contribution in [3.05, 3.63) is 105 Å². The highest BCUT2D eigenvalue weighted by molar-refractivity contribution is 7.98. The van der Waals surface area contributed by atoms with Gasteiger partial charge in [-0.2, -0.15) is 0 Å². The van der Waals surface area contributed by atoms with E-state index in [9.17, 15) is 8.78 Å². The summed E-state index contributed by atoms with van der Waals surface area (Å²) >= 11 is 13.9. The molecule has 0 bridgehead atoms. The van der Waals surface area contributed by atoms with Crippen LogP contribution in [0.4, 0.5) is 8.78 Å². The normalized spacial score (nSPS) is 11.7. The summed E-state index contributed by atoms with van der Waals surface area (Å²) in [6, 6.07) is 16.7. The third kappa shape index (κ3) is 5.12. The van der Waals surface area contributed by atoms with Crippen molar-refractivity contribution in [3.63, 3.8) is 0 Å². The van der Waals surface area contributed by atoms with Gasteiger partial charge in [-0.05, 0) is 70.1 Å². The summed E-state index contributed by atoms with van der Waals surface area (Å²) in [6.45, 7) is 4.12. The van der Waals surface area contributed by atoms with Gasteiger partial charge in [0.25, 0.3) is 0 Å². The molecule has 1 N–H and O–H groups in total. The van der Waals surface area contributed by atoms with E-state index >= 15 is 0 Å². The highest BCUT2D eigenvalue weighted by Gasteiger charge is 2.30. The lowest BCUT2D eigenvalue weighted by Gasteiger charge is -2.28. The number of H-pyrrole nitrogens is 1. The van der Waals surface area contributed by atoms with Crippen molar-refractivity contribution in [2.45, 2.75) is 30.2 Å². The summed E-state index contributed by atoms with van der Waals surface area (Å²) in [7, 11) is 0. The van der Waals surface area contributed by atoms with Gasteiger partial charge in [0.05, 0.1) is 27.5 Å². The number of halogens is 4. The van der Waals surface area contributed by atoms with Crippen LogP contribution in [-0.4, -0.2) is 30.2 Å². The average molecular weight is 557 g/mol. The van der Waals surface area contributed by atoms with Crippen LogP contribution in [0.15, 0.2) is 72.0 Å². The maximum Gasteiger partial charge on any atom is 0.182 e. The zero-order valence-electron chi connectivity index (χ0n) is 19.7. The van der Waals surface area contributed by atoms with Gasteiger partial charge in [0.15, 0.2) is 11.0 Å². The van der Waals surface area contributed by atoms with Crippen molar-refractivity contribution in [1.29, 1.82) is 0 Å². The van der Waals surface area contributed by atoms with Crippen LogP contribution in [0.5, 0.6) is 0 Å². The number of tetrazole rings is 1. The number of imidazole rings is 1. The summed E-state index contributed by atoms with van der Waals surface area (Å²) in [5, 5.41) is 14.9. The number of rotatable bonds is 7. The van der Waals surface area contributed by atoms with E-state index in [0.29, 0.717) is 21.0 Å². The van der Waals surface area contributed by atoms with Crippen LogP contribution < -0.4 is 0 Å². The minimum atomic E-state index is -0.521. The Kier molecular flexibility index (Phi) is 7.02. The van der Waals surface area contributed by atoms with Gasteiger partial charge < -0.3 is 0 Å². The Hall–Kier alpha value is -3.27. The molecule has 5 aromatic rings. The number of hydrogen-bond donors (Lipinski definition) is 1. The van der Waals surface area contributed by atoms with E-state index in [1.807, 2.05) is 22.8 Å². The Morgan fingerprint density at radius 2 is 1.76 bits per heavy atom. The van der Waals surface area contributed by atoms with Gasteiger partial charge in [0, 0.05) is 16.9 Å². The molecule has 2 aromatic heterocycles. The van der Waals surface area contributed by atoms with Crippen molar-refractivity contribution in [2.24, 2.45) is 0 Å². The van der Waals surface area contributed by atoms with Gasteiger partial charge >= 0.3 is 0 Å². The molecule has 0 unspecified atom stereocenters. The molecule has 0 atom stereocenters. The van der Waals surface area contributed by atoms with Gasteiger partial charge in [-0.1, -0.05) is 60.9 Å². The highest BCUT2D eigenvalue weighted by Crippen LogP contribution is 2.38. The second kappa shape index (κ2) is 10.2. The molecule has 6 nitrogen and oxygen atoms in total. The van der Waals surface area contributed by atoms with Crippen molar-refractivity contribution >= 4 is 35.0 Å². The number of aromatic nitrogens is 6. The minimum absolute atomic E-state index is 0.262. The van der Waals surface area contributed by atoms with E-state index < -0.39 is 11.2 Å². The fourth-order valence-corrected chi connectivity index (χ4v) is 5.25. The highest BCUT2D eigenvalue weighted by atomic mass is 35.5. The number of benzene rings is 3. The van der Waals surface area contributed by atoms with Gasteiger partial charge in [-0.15, -0.1) is 5.10 Å². The number of hydrogen-bond acceptors (Lipinski definition) is 5. The molecule has 11 heteroatoms. The molecule has 188 valence electrons. The van der Waals surface area contributed by atoms with E-state index in [4.69, 9.17) is 28.2 Å². The van der Waals surface area contributed by atoms with Crippen LogP contribution in [-0.2, 0) is 11.2 Å². The molecule has 0 saturated carbocycles. The van der Waals surface area contributed by atoms with Gasteiger partial charge in [-0.3, -0.25) is 4.57 Å². The second-order valence-electron chi connectivity index (χ2n) is 8.84. The van der Waals surface area contributed by atoms with Crippen LogP contribution in [0, 0.1) is 11.6 Å². The lowest BCUT2D eigenvalue weighted by Crippen LogP contribution is -2.23. The van der Waals surface area contributed by atoms with E-state index in [1.54, 1.807) is 30.5 Å². The lowest BCUT2D eigenvalue weighted by atomic mass is 9.81. The molecule has 5 rings (SSSR count). The van der Waals surface area contributed by atoms with Gasteiger partial charge in [0.2, 0.25) is 0 Å². The van der Waals surface area contributed by atoms with Crippen LogP contribution >= 0.6 is 35.0 Å². The first kappa shape index (κ1) is 25.4. The zero-order chi connectivity index (χ0) is 26.2. The maximum atomic E-state index is 14.7. The topological polar surface area (TPSA) is 72.3 Å². The molecule has 0 fully saturated rings. The van der Waals surface area contributed by atoms with E-state index in [-0.39, 0.29) is 17.2 Å². The largest absolute Gasteiger partial charge is 0.291 e. The number of nitrogens with zero attached hydrogens (tertiary/aromatic N) is 5. The molecular weight excluding hydrogens is 537 g/mol. The fourth-order valence-electron chi connectivity index (χ4n) is 4.01. The van der Waals surface area contributed by atoms with Gasteiger partial charge in [0.1, 0.15) is 11.6 Å². The molecule has 0 saturated heterocycles. The molecule has 0 spiro atoms. The van der Waals surface area contributed by atoms with Crippen LogP contribution in [0.2, 0.25) is 10.0 Å². The quantitative estimate of drug-likeness (QED) is 0.213. The molecule has 0 aliphatic heterocycles. The Morgan fingerprint density at radius 1 is 0.973 bits per heavy atom. The molecule has 0 aliphatic carbocycles. The monoisotopic (exact) mass is 556 g/mol. The lowest BCUT2D eigenvalue weighted by molar-refractivity contribution is 0.591. The van der Waals surface area contributed by atoms with Crippen LogP contribution in [0.25, 0.3) is 17.1 Å². The third-order valence-corrected chi connectivity index (χ3v) is 7.86. The number of nitrogens with one attached hydrogen (secondary N) is 1. The fraction of sp³-hybridized carbons (Fsp3) is 0.154. The predicted molar refractivity (Wildman–Crippen MR) is 141 cm³/mol. The molecule has 0 aliphatic rings. The Labute approximate surface area is 226 Å². The molecule has 3 aromatic carbocycles. The van der Waals surface area contributed by atoms with Crippen LogP contribution in [0.3, 0.4) is 0 Å². The standard InChI is InChI=1S/C26H20Cl2F2N6S/c1-26(2,16-4-10-20(27)21(28)12-16)23-13-31-25(36(23)18-7-5-17(29)6-8-18)37-14-15-3-9-19(22(30)11-15)24-32-34-35-33-24/h3-13H,14H2,1-2H3,(H,32,33,34,35). The summed E-state index contributed by atoms with van der Waals surface area (Å²) in [5.74, 6) is -0.0462. The summed E-state index contributed by atoms with van der Waals surface area (Å²) in [4.78, 5) is 4.69. The van der Waals surface area contributed by atoms with Crippen molar-refractivity contribution in [2.75, 3.05) is 0 Å². The first-order valence-electron chi connectivity index (χ1n) is 11.2. The van der Waals surface area contributed by atoms with Crippen molar-refractivity contribution in [1.82, 2.24) is 30.2 Å². The summed E-state index contributed by atoms with van der Waals surface area (Å²) in [5.41, 5.74) is 3.10. The van der Waals surface area contributed by atoms with E-state index in [1.165, 1.54) is 30.0 Å². The molecule has 2 heterocycles. The number of aromatic amines is 1. The van der Waals surface area contributed by atoms with Crippen molar-refractivity contribution in [3.8, 4) is 17.1 Å². The van der Waals surface area contributed by atoms with E-state index in [0.717, 1.165) is 22.5 Å². The minimum Gasteiger partial charge on any atom is -0.291 e. The second-order valence-corrected chi connectivity index (χ2v) is 10.6. The Bertz CT molecular complexity index is 1550. The van der Waals surface area contributed by atoms with Gasteiger partial charge in [-0.25, -0.2) is 18.9 Å². The molecule has 37 heavy (non-hydrogen) atoms. The molecule has 0 radical (unpaired) electrons. The first-order chi connectivity index (χ1) is 17.7. The van der Waals surface area contributed by atoms with Crippen LogP contribution in [0.1, 0.15) is 30.7 Å². The number of thioether (sulfide) groups is 1. The first-order valence-corrected chi connectivity index (χ1v) is 12.9. The summed E-state index contributed by atoms with van der Waals surface area (Å²) in [6.07, 6.45) is 1.80. The maximum absolute atomic E-state index is 14.7. The predicted octanol–water partition coefficient (Wildman–Crippen LogP) is 7.26. The average Bonchev–Trinajstić information content (AvgIpc) is 3.56. The molecule has 0 amide bonds. The van der Waals surface area contributed by atoms with Crippen molar-refractivity contribution < 1.29 is 8.78 Å². The third-order valence-electron chi connectivity index (χ3n) is 6.10. The Balaban J connectivity index is 1.50. The SMILES string of the molecule is CC(C)(c1ccc(Cl)c(Cl)c1)c1cnc(SCc2ccc(-c3nnn[nH]3)c(F)c2)n1-c1ccc(F)cc1. The zero-order valence-corrected chi connectivity index (χ0v) is 22.0. The molecular formula is C26H20Cl2F2N6S. The summed E-state index contributed by atoms with van der Waals surface area (Å²) < 4.78 is 30.5. The van der Waals surface area contributed by atoms with E-state index in [2.05, 4.69) is 34.5 Å².